The predicted molar refractivity (Wildman–Crippen MR) is 475 cm³/mol. The molecule has 0 saturated heterocycles. The number of hydrogen-bond donors (Lipinski definition) is 0. The van der Waals surface area contributed by atoms with Gasteiger partial charge >= 0.3 is 0 Å². The third kappa shape index (κ3) is 11.0. The molecule has 3 aliphatic rings. The molecule has 0 N–H and O–H groups in total. The van der Waals surface area contributed by atoms with Gasteiger partial charge in [0.2, 0.25) is 0 Å². The Labute approximate surface area is 650 Å². The highest BCUT2D eigenvalue weighted by molar-refractivity contribution is 7.00. The summed E-state index contributed by atoms with van der Waals surface area (Å²) in [7, 11) is 0. The molecule has 2 aliphatic heterocycles. The number of hydrogen-bond acceptors (Lipinski definition) is 2. The Morgan fingerprint density at radius 1 is 0.273 bits per heavy atom. The molecule has 1 aliphatic carbocycles. The van der Waals surface area contributed by atoms with Crippen LogP contribution in [-0.2, 0) is 27.1 Å². The average Bonchev–Trinajstić information content (AvgIpc) is 0.862. The van der Waals surface area contributed by atoms with Gasteiger partial charge in [0.15, 0.2) is 0 Å². The van der Waals surface area contributed by atoms with Gasteiger partial charge in [-0.25, -0.2) is 0 Å². The summed E-state index contributed by atoms with van der Waals surface area (Å²) in [6.07, 6.45) is 0. The molecule has 0 unspecified atom stereocenters. The fourth-order valence-electron chi connectivity index (χ4n) is 18.7. The molecule has 538 valence electrons. The molecule has 4 heteroatoms. The Hall–Kier alpha value is -11.5. The molecule has 0 radical (unpaired) electrons. The van der Waals surface area contributed by atoms with Gasteiger partial charge in [-0.2, -0.15) is 0 Å². The van der Waals surface area contributed by atoms with Gasteiger partial charge in [0, 0.05) is 66.9 Å². The van der Waals surface area contributed by atoms with E-state index in [-0.39, 0.29) is 39.7 Å². The lowest BCUT2D eigenvalue weighted by Gasteiger charge is -2.46. The molecule has 14 aromatic carbocycles. The summed E-state index contributed by atoms with van der Waals surface area (Å²) in [5.41, 5.74) is 35.0. The van der Waals surface area contributed by atoms with Crippen molar-refractivity contribution in [2.75, 3.05) is 9.80 Å². The van der Waals surface area contributed by atoms with Gasteiger partial charge in [-0.1, -0.05) is 322 Å². The minimum Gasteiger partial charge on any atom is -0.311 e. The predicted octanol–water partition coefficient (Wildman–Crippen LogP) is 27.3. The van der Waals surface area contributed by atoms with Crippen LogP contribution in [0.3, 0.4) is 0 Å². The molecule has 0 amide bonds. The van der Waals surface area contributed by atoms with Crippen molar-refractivity contribution in [2.24, 2.45) is 0 Å². The standard InChI is InChI=1S/C106H96BN3/c1-64-52-87-76-40-27-26-39-75(76)83-55-69(102(2,3)4)45-48-77(83)86-62-90-95(63-93(86)109-92-43-31-29-41-78(92)88(53-64)101(87)109)108(91-42-30-28-38-74(91)65-32-20-17-21-33-65)96-60-73(106(14,15)16)61-97-99(96)107(90)89-51-44-68(98-79-49-46-70(103(5,6)7)56-84(79)85-57-71(104(8,9)10)47-50-80(85)98)54-94(89)110(97)100-81(66-34-22-18-23-35-66)58-72(105(11,12)13)59-82(100)67-36-24-19-25-37-67/h17-63,98H,1-16H3. The molecule has 110 heavy (non-hydrogen) atoms. The van der Waals surface area contributed by atoms with Crippen molar-refractivity contribution in [3.63, 3.8) is 0 Å². The fourth-order valence-corrected chi connectivity index (χ4v) is 18.7. The quantitative estimate of drug-likeness (QED) is 0.154. The first kappa shape index (κ1) is 69.0. The second-order valence-corrected chi connectivity index (χ2v) is 37.0. The number of rotatable bonds is 6. The summed E-state index contributed by atoms with van der Waals surface area (Å²) in [6.45, 7) is 37.6. The van der Waals surface area contributed by atoms with Gasteiger partial charge < -0.3 is 14.2 Å². The maximum Gasteiger partial charge on any atom is 0.252 e. The molecular weight excluding hydrogens is 1330 g/mol. The van der Waals surface area contributed by atoms with E-state index in [1.165, 1.54) is 171 Å². The van der Waals surface area contributed by atoms with E-state index in [9.17, 15) is 0 Å². The SMILES string of the molecule is Cc1cc2c3ccccc3c3cc(C(C)(C)C)ccc3c3cc4c(cc3n3c5ccccc5c(c1)c23)N(c1ccccc1-c1ccccc1)c1cc(C(C)(C)C)cc2c1B4c1ccc(C3c4ccc(C(C)(C)C)cc4-c4cc(C(C)(C)C)ccc43)cc1N2c1c(-c2ccccc2)cc(C(C)(C)C)cc1-c1ccccc1. The van der Waals surface area contributed by atoms with E-state index in [0.717, 1.165) is 33.7 Å². The van der Waals surface area contributed by atoms with Crippen LogP contribution in [0.1, 0.15) is 160 Å². The highest BCUT2D eigenvalue weighted by Gasteiger charge is 2.47. The smallest absolute Gasteiger partial charge is 0.252 e. The fraction of sp³-hybridized carbons (Fsp3) is 0.208. The zero-order chi connectivity index (χ0) is 76.0. The van der Waals surface area contributed by atoms with Crippen LogP contribution in [0.4, 0.5) is 34.1 Å². The lowest BCUT2D eigenvalue weighted by Crippen LogP contribution is -2.61. The Morgan fingerprint density at radius 3 is 1.29 bits per heavy atom. The first-order valence-corrected chi connectivity index (χ1v) is 39.8. The first-order chi connectivity index (χ1) is 52.7. The topological polar surface area (TPSA) is 10.9 Å². The Kier molecular flexibility index (Phi) is 15.6. The monoisotopic (exact) mass is 1420 g/mol. The normalized spacial score (nSPS) is 13.7. The Balaban J connectivity index is 1.03. The van der Waals surface area contributed by atoms with E-state index in [2.05, 4.69) is 410 Å². The molecule has 16 aromatic rings. The summed E-state index contributed by atoms with van der Waals surface area (Å²) in [4.78, 5) is 5.50. The number of fused-ring (bicyclic) bond motifs is 17. The highest BCUT2D eigenvalue weighted by Crippen LogP contribution is 2.57. The number of para-hydroxylation sites is 2. The lowest BCUT2D eigenvalue weighted by atomic mass is 9.33. The van der Waals surface area contributed by atoms with Gasteiger partial charge in [0.1, 0.15) is 0 Å². The van der Waals surface area contributed by atoms with E-state index in [1.54, 1.807) is 0 Å². The van der Waals surface area contributed by atoms with Crippen molar-refractivity contribution < 1.29 is 0 Å². The number of aromatic nitrogens is 1. The number of nitrogens with zero attached hydrogens (tertiary/aromatic N) is 3. The van der Waals surface area contributed by atoms with Crippen LogP contribution < -0.4 is 26.2 Å². The number of aryl methyl sites for hydroxylation is 1. The molecule has 0 atom stereocenters. The van der Waals surface area contributed by atoms with E-state index >= 15 is 0 Å². The van der Waals surface area contributed by atoms with Gasteiger partial charge in [0.05, 0.1) is 27.9 Å². The van der Waals surface area contributed by atoms with E-state index < -0.39 is 0 Å². The third-order valence-electron chi connectivity index (χ3n) is 24.6. The van der Waals surface area contributed by atoms with Crippen LogP contribution in [0, 0.1) is 6.92 Å². The molecule has 0 spiro atoms. The molecule has 4 heterocycles. The summed E-state index contributed by atoms with van der Waals surface area (Å²) in [5.74, 6) is -0.0527. The molecule has 0 fully saturated rings. The van der Waals surface area contributed by atoms with Gasteiger partial charge in [-0.3, -0.25) is 0 Å². The summed E-state index contributed by atoms with van der Waals surface area (Å²) >= 11 is 0. The van der Waals surface area contributed by atoms with Crippen molar-refractivity contribution in [3.05, 3.63) is 335 Å². The number of anilines is 6. The largest absolute Gasteiger partial charge is 0.311 e. The van der Waals surface area contributed by atoms with Gasteiger partial charge in [-0.05, 0) is 217 Å². The van der Waals surface area contributed by atoms with Crippen LogP contribution in [0.15, 0.2) is 285 Å². The maximum atomic E-state index is 2.79. The molecule has 2 aromatic heterocycles. The zero-order valence-electron chi connectivity index (χ0n) is 66.6. The van der Waals surface area contributed by atoms with E-state index in [1.807, 2.05) is 0 Å². The second-order valence-electron chi connectivity index (χ2n) is 37.0. The lowest BCUT2D eigenvalue weighted by molar-refractivity contribution is 0.589. The number of benzene rings is 14. The van der Waals surface area contributed by atoms with Gasteiger partial charge in [-0.15, -0.1) is 0 Å². The van der Waals surface area contributed by atoms with Crippen LogP contribution >= 0.6 is 0 Å². The zero-order valence-corrected chi connectivity index (χ0v) is 66.6. The van der Waals surface area contributed by atoms with E-state index in [4.69, 9.17) is 0 Å². The van der Waals surface area contributed by atoms with Gasteiger partial charge in [0.25, 0.3) is 6.71 Å². The Bertz CT molecular complexity index is 6430. The molecule has 0 saturated carbocycles. The minimum absolute atomic E-state index is 0.0470. The van der Waals surface area contributed by atoms with Crippen LogP contribution in [0.5, 0.6) is 0 Å². The third-order valence-corrected chi connectivity index (χ3v) is 24.6. The van der Waals surface area contributed by atoms with Crippen molar-refractivity contribution in [3.8, 4) is 44.5 Å². The first-order valence-electron chi connectivity index (χ1n) is 39.8. The van der Waals surface area contributed by atoms with Crippen molar-refractivity contribution in [1.82, 2.24) is 4.40 Å². The molecule has 19 rings (SSSR count). The Morgan fingerprint density at radius 2 is 0.718 bits per heavy atom. The second kappa shape index (κ2) is 24.8. The summed E-state index contributed by atoms with van der Waals surface area (Å²) < 4.78 is 2.67. The molecular formula is C106H96BN3. The molecule has 3 nitrogen and oxygen atoms in total. The van der Waals surface area contributed by atoms with E-state index in [0.29, 0.717) is 0 Å². The molecule has 0 bridgehead atoms. The summed E-state index contributed by atoms with van der Waals surface area (Å²) in [6, 6.07) is 112. The maximum absolute atomic E-state index is 2.79. The van der Waals surface area contributed by atoms with Crippen LogP contribution in [0.25, 0.3) is 104 Å². The van der Waals surface area contributed by atoms with Crippen LogP contribution in [-0.4, -0.2) is 11.1 Å². The van der Waals surface area contributed by atoms with Crippen molar-refractivity contribution in [1.29, 1.82) is 0 Å². The minimum atomic E-state index is -0.318. The summed E-state index contributed by atoms with van der Waals surface area (Å²) in [5, 5.41) is 9.82. The van der Waals surface area contributed by atoms with Crippen LogP contribution in [0.2, 0.25) is 0 Å². The highest BCUT2D eigenvalue weighted by atomic mass is 15.2. The van der Waals surface area contributed by atoms with Crippen molar-refractivity contribution >= 4 is 117 Å². The average molecular weight is 1420 g/mol. The van der Waals surface area contributed by atoms with Crippen molar-refractivity contribution in [2.45, 2.75) is 144 Å².